The van der Waals surface area contributed by atoms with E-state index in [1.54, 1.807) is 0 Å². The van der Waals surface area contributed by atoms with Crippen LogP contribution in [0.5, 0.6) is 0 Å². The van der Waals surface area contributed by atoms with E-state index >= 15 is 0 Å². The molecule has 2 rings (SSSR count). The molecule has 4 nitrogen and oxygen atoms in total. The number of hydrogen-bond donors (Lipinski definition) is 2. The van der Waals surface area contributed by atoms with Crippen molar-refractivity contribution < 1.29 is 9.53 Å². The Kier molecular flexibility index (Phi) is 5.88. The molecule has 1 amide bonds. The Balaban J connectivity index is 1.89. The lowest BCUT2D eigenvalue weighted by molar-refractivity contribution is -0.126. The highest BCUT2D eigenvalue weighted by atomic mass is 32.2. The van der Waals surface area contributed by atoms with Crippen molar-refractivity contribution in [3.8, 4) is 0 Å². The summed E-state index contributed by atoms with van der Waals surface area (Å²) >= 11 is 1.82. The van der Waals surface area contributed by atoms with Crippen molar-refractivity contribution in [3.05, 3.63) is 29.8 Å². The molecule has 1 aliphatic heterocycles. The molecular weight excluding hydrogens is 272 g/mol. The van der Waals surface area contributed by atoms with Crippen molar-refractivity contribution in [2.75, 3.05) is 25.5 Å². The zero-order valence-electron chi connectivity index (χ0n) is 12.0. The number of hydrogen-bond acceptors (Lipinski definition) is 4. The number of ether oxygens (including phenoxy) is 1. The highest BCUT2D eigenvalue weighted by Gasteiger charge is 2.22. The molecule has 0 radical (unpaired) electrons. The Hall–Kier alpha value is -1.04. The standard InChI is InChI=1S/C15H22N2O2S/c1-3-20-13-6-4-12(5-7-13)11(2)17-15(18)14-10-19-9-8-16-14/h4-7,11,14,16H,3,8-10H2,1-2H3,(H,17,18). The predicted molar refractivity (Wildman–Crippen MR) is 82.0 cm³/mol. The normalized spacial score (nSPS) is 20.4. The maximum absolute atomic E-state index is 12.1. The summed E-state index contributed by atoms with van der Waals surface area (Å²) in [7, 11) is 0. The maximum Gasteiger partial charge on any atom is 0.240 e. The quantitative estimate of drug-likeness (QED) is 0.815. The number of morpholine rings is 1. The Bertz CT molecular complexity index is 430. The topological polar surface area (TPSA) is 50.4 Å². The summed E-state index contributed by atoms with van der Waals surface area (Å²) in [6, 6.07) is 8.14. The first-order valence-electron chi connectivity index (χ1n) is 7.05. The summed E-state index contributed by atoms with van der Waals surface area (Å²) in [5.41, 5.74) is 1.12. The summed E-state index contributed by atoms with van der Waals surface area (Å²) in [6.07, 6.45) is 0. The van der Waals surface area contributed by atoms with Crippen LogP contribution < -0.4 is 10.6 Å². The van der Waals surface area contributed by atoms with Crippen LogP contribution in [0.25, 0.3) is 0 Å². The number of rotatable bonds is 5. The van der Waals surface area contributed by atoms with Gasteiger partial charge in [0.05, 0.1) is 19.3 Å². The molecule has 2 unspecified atom stereocenters. The van der Waals surface area contributed by atoms with Gasteiger partial charge in [0.1, 0.15) is 6.04 Å². The Morgan fingerprint density at radius 2 is 2.25 bits per heavy atom. The van der Waals surface area contributed by atoms with Crippen LogP contribution in [0.4, 0.5) is 0 Å². The van der Waals surface area contributed by atoms with E-state index in [0.717, 1.165) is 17.9 Å². The molecule has 0 saturated carbocycles. The molecule has 2 atom stereocenters. The number of carbonyl (C=O) groups is 1. The lowest BCUT2D eigenvalue weighted by atomic mass is 10.1. The smallest absolute Gasteiger partial charge is 0.240 e. The van der Waals surface area contributed by atoms with Gasteiger partial charge in [-0.2, -0.15) is 0 Å². The molecule has 0 spiro atoms. The highest BCUT2D eigenvalue weighted by Crippen LogP contribution is 2.20. The molecule has 1 saturated heterocycles. The molecule has 1 aromatic carbocycles. The summed E-state index contributed by atoms with van der Waals surface area (Å²) in [4.78, 5) is 13.4. The van der Waals surface area contributed by atoms with E-state index in [4.69, 9.17) is 4.74 Å². The second kappa shape index (κ2) is 7.67. The molecule has 2 N–H and O–H groups in total. The number of nitrogens with one attached hydrogen (secondary N) is 2. The molecular formula is C15H22N2O2S. The number of benzene rings is 1. The van der Waals surface area contributed by atoms with Crippen LogP contribution in [-0.2, 0) is 9.53 Å². The van der Waals surface area contributed by atoms with E-state index in [1.165, 1.54) is 4.90 Å². The van der Waals surface area contributed by atoms with Crippen molar-refractivity contribution in [2.45, 2.75) is 30.8 Å². The summed E-state index contributed by atoms with van der Waals surface area (Å²) in [6.45, 7) is 6.00. The number of carbonyl (C=O) groups excluding carboxylic acids is 1. The van der Waals surface area contributed by atoms with Crippen molar-refractivity contribution in [2.24, 2.45) is 0 Å². The Morgan fingerprint density at radius 3 is 2.85 bits per heavy atom. The molecule has 1 fully saturated rings. The van der Waals surface area contributed by atoms with Crippen LogP contribution in [-0.4, -0.2) is 37.5 Å². The van der Waals surface area contributed by atoms with E-state index in [2.05, 4.69) is 41.8 Å². The molecule has 0 aromatic heterocycles. The van der Waals surface area contributed by atoms with E-state index in [9.17, 15) is 4.79 Å². The van der Waals surface area contributed by atoms with Gasteiger partial charge >= 0.3 is 0 Å². The molecule has 110 valence electrons. The second-order valence-electron chi connectivity index (χ2n) is 4.81. The third kappa shape index (κ3) is 4.23. The third-order valence-corrected chi connectivity index (χ3v) is 4.18. The fraction of sp³-hybridized carbons (Fsp3) is 0.533. The molecule has 1 aliphatic rings. The SMILES string of the molecule is CCSc1ccc(C(C)NC(=O)C2COCCN2)cc1. The molecule has 1 aromatic rings. The zero-order chi connectivity index (χ0) is 14.4. The minimum absolute atomic E-state index is 0.00390. The van der Waals surface area contributed by atoms with Crippen LogP contribution in [0, 0.1) is 0 Å². The van der Waals surface area contributed by atoms with Gasteiger partial charge in [0.15, 0.2) is 0 Å². The molecule has 5 heteroatoms. The fourth-order valence-corrected chi connectivity index (χ4v) is 2.81. The first-order valence-corrected chi connectivity index (χ1v) is 8.03. The van der Waals surface area contributed by atoms with Crippen LogP contribution >= 0.6 is 11.8 Å². The number of thioether (sulfide) groups is 1. The number of amides is 1. The van der Waals surface area contributed by atoms with Gasteiger partial charge in [0, 0.05) is 11.4 Å². The first-order chi connectivity index (χ1) is 9.70. The Labute approximate surface area is 124 Å². The Morgan fingerprint density at radius 1 is 1.50 bits per heavy atom. The van der Waals surface area contributed by atoms with Crippen LogP contribution in [0.3, 0.4) is 0 Å². The minimum atomic E-state index is -0.235. The first kappa shape index (κ1) is 15.4. The lowest BCUT2D eigenvalue weighted by Gasteiger charge is -2.25. The van der Waals surface area contributed by atoms with Gasteiger partial charge in [-0.25, -0.2) is 0 Å². The maximum atomic E-state index is 12.1. The summed E-state index contributed by atoms with van der Waals surface area (Å²) in [5, 5.41) is 6.19. The van der Waals surface area contributed by atoms with Crippen molar-refractivity contribution in [3.63, 3.8) is 0 Å². The third-order valence-electron chi connectivity index (χ3n) is 3.29. The average Bonchev–Trinajstić information content (AvgIpc) is 2.49. The van der Waals surface area contributed by atoms with Gasteiger partial charge in [0.2, 0.25) is 5.91 Å². The summed E-state index contributed by atoms with van der Waals surface area (Å²) < 4.78 is 5.31. The zero-order valence-corrected chi connectivity index (χ0v) is 12.8. The van der Waals surface area contributed by atoms with E-state index in [1.807, 2.05) is 18.7 Å². The van der Waals surface area contributed by atoms with Gasteiger partial charge in [-0.3, -0.25) is 4.79 Å². The minimum Gasteiger partial charge on any atom is -0.378 e. The van der Waals surface area contributed by atoms with Crippen molar-refractivity contribution in [1.82, 2.24) is 10.6 Å². The van der Waals surface area contributed by atoms with Crippen LogP contribution in [0.1, 0.15) is 25.5 Å². The largest absolute Gasteiger partial charge is 0.378 e. The van der Waals surface area contributed by atoms with Crippen molar-refractivity contribution >= 4 is 17.7 Å². The van der Waals surface area contributed by atoms with Crippen molar-refractivity contribution in [1.29, 1.82) is 0 Å². The molecule has 1 heterocycles. The predicted octanol–water partition coefficient (Wildman–Crippen LogP) is 1.96. The average molecular weight is 294 g/mol. The monoisotopic (exact) mass is 294 g/mol. The highest BCUT2D eigenvalue weighted by molar-refractivity contribution is 7.99. The fourth-order valence-electron chi connectivity index (χ4n) is 2.15. The van der Waals surface area contributed by atoms with Gasteiger partial charge in [0.25, 0.3) is 0 Å². The van der Waals surface area contributed by atoms with Crippen LogP contribution in [0.2, 0.25) is 0 Å². The molecule has 0 aliphatic carbocycles. The van der Waals surface area contributed by atoms with Gasteiger partial charge in [-0.05, 0) is 30.4 Å². The molecule has 0 bridgehead atoms. The summed E-state index contributed by atoms with van der Waals surface area (Å²) in [5.74, 6) is 1.07. The van der Waals surface area contributed by atoms with Gasteiger partial charge < -0.3 is 15.4 Å². The second-order valence-corrected chi connectivity index (χ2v) is 6.15. The lowest BCUT2D eigenvalue weighted by Crippen LogP contribution is -2.51. The van der Waals surface area contributed by atoms with Gasteiger partial charge in [-0.1, -0.05) is 19.1 Å². The van der Waals surface area contributed by atoms with Crippen LogP contribution in [0.15, 0.2) is 29.2 Å². The molecule has 20 heavy (non-hydrogen) atoms. The van der Waals surface area contributed by atoms with E-state index < -0.39 is 0 Å². The van der Waals surface area contributed by atoms with E-state index in [0.29, 0.717) is 13.2 Å². The van der Waals surface area contributed by atoms with Gasteiger partial charge in [-0.15, -0.1) is 11.8 Å². The van der Waals surface area contributed by atoms with E-state index in [-0.39, 0.29) is 18.0 Å².